The van der Waals surface area contributed by atoms with E-state index in [4.69, 9.17) is 4.74 Å². The van der Waals surface area contributed by atoms with E-state index in [1.807, 2.05) is 0 Å². The number of methoxy groups -OCH3 is 1. The van der Waals surface area contributed by atoms with Gasteiger partial charge in [-0.15, -0.1) is 0 Å². The van der Waals surface area contributed by atoms with Crippen LogP contribution in [0, 0.1) is 0 Å². The molecule has 1 saturated heterocycles. The predicted molar refractivity (Wildman–Crippen MR) is 97.2 cm³/mol. The van der Waals surface area contributed by atoms with Crippen molar-refractivity contribution >= 4 is 11.9 Å². The Kier molecular flexibility index (Phi) is 6.85. The highest BCUT2D eigenvalue weighted by Crippen LogP contribution is 2.30. The van der Waals surface area contributed by atoms with E-state index < -0.39 is 23.6 Å². The molecule has 1 aromatic carbocycles. The van der Waals surface area contributed by atoms with E-state index in [1.54, 1.807) is 12.1 Å². The smallest absolute Gasteiger partial charge is 0.322 e. The second-order valence-corrected chi connectivity index (χ2v) is 6.85. The Bertz CT molecular complexity index is 649. The molecule has 0 radical (unpaired) electrons. The number of carbonyl (C=O) groups is 2. The van der Waals surface area contributed by atoms with Crippen molar-refractivity contribution in [2.75, 3.05) is 7.11 Å². The lowest BCUT2D eigenvalue weighted by Crippen LogP contribution is -2.49. The number of aryl methyl sites for hydroxylation is 1. The van der Waals surface area contributed by atoms with E-state index in [-0.39, 0.29) is 12.2 Å². The van der Waals surface area contributed by atoms with Crippen molar-refractivity contribution in [2.24, 2.45) is 0 Å². The second kappa shape index (κ2) is 8.89. The van der Waals surface area contributed by atoms with Gasteiger partial charge < -0.3 is 20.3 Å². The van der Waals surface area contributed by atoms with E-state index in [0.717, 1.165) is 24.8 Å². The summed E-state index contributed by atoms with van der Waals surface area (Å²) in [7, 11) is 1.47. The Labute approximate surface area is 153 Å². The number of carbonyl (C=O) groups excluding carboxylic acids is 2. The summed E-state index contributed by atoms with van der Waals surface area (Å²) >= 11 is 0. The standard InChI is InChI=1S/C19H28N2O5/c1-3-4-5-6-14(22)12-19(17(24)20-18(25)21-19)10-9-13-7-8-15(23)16(11-13)26-2/h7-8,11,14,22-23H,3-6,9-10,12H2,1-2H3,(H2,20,21,24,25). The number of hydrogen-bond acceptors (Lipinski definition) is 5. The van der Waals surface area contributed by atoms with Crippen LogP contribution in [0.4, 0.5) is 4.79 Å². The number of aromatic hydroxyl groups is 1. The monoisotopic (exact) mass is 364 g/mol. The largest absolute Gasteiger partial charge is 0.504 e. The van der Waals surface area contributed by atoms with Crippen molar-refractivity contribution in [2.45, 2.75) is 63.5 Å². The Morgan fingerprint density at radius 2 is 2.04 bits per heavy atom. The lowest BCUT2D eigenvalue weighted by atomic mass is 9.84. The Morgan fingerprint density at radius 1 is 1.27 bits per heavy atom. The molecule has 1 fully saturated rings. The molecule has 0 spiro atoms. The summed E-state index contributed by atoms with van der Waals surface area (Å²) in [5.41, 5.74) is -0.248. The molecule has 1 aliphatic heterocycles. The van der Waals surface area contributed by atoms with Crippen molar-refractivity contribution in [1.29, 1.82) is 0 Å². The number of rotatable bonds is 10. The first kappa shape index (κ1) is 20.0. The third-order valence-electron chi connectivity index (χ3n) is 4.82. The van der Waals surface area contributed by atoms with Crippen LogP contribution in [0.5, 0.6) is 11.5 Å². The molecule has 0 bridgehead atoms. The van der Waals surface area contributed by atoms with Crippen molar-refractivity contribution < 1.29 is 24.5 Å². The highest BCUT2D eigenvalue weighted by atomic mass is 16.5. The minimum Gasteiger partial charge on any atom is -0.504 e. The van der Waals surface area contributed by atoms with E-state index in [9.17, 15) is 19.8 Å². The fourth-order valence-corrected chi connectivity index (χ4v) is 3.32. The molecule has 144 valence electrons. The minimum absolute atomic E-state index is 0.0456. The molecule has 2 atom stereocenters. The van der Waals surface area contributed by atoms with Gasteiger partial charge in [0.2, 0.25) is 0 Å². The van der Waals surface area contributed by atoms with Crippen molar-refractivity contribution in [3.63, 3.8) is 0 Å². The third kappa shape index (κ3) is 4.88. The molecule has 1 aromatic rings. The van der Waals surface area contributed by atoms with Gasteiger partial charge in [0.05, 0.1) is 13.2 Å². The number of aliphatic hydroxyl groups excluding tert-OH is 1. The average Bonchev–Trinajstić information content (AvgIpc) is 2.88. The van der Waals surface area contributed by atoms with Gasteiger partial charge in [-0.05, 0) is 37.0 Å². The summed E-state index contributed by atoms with van der Waals surface area (Å²) in [6, 6.07) is 4.46. The molecule has 7 nitrogen and oxygen atoms in total. The summed E-state index contributed by atoms with van der Waals surface area (Å²) in [5, 5.41) is 25.0. The third-order valence-corrected chi connectivity index (χ3v) is 4.82. The number of aliphatic hydroxyl groups is 1. The minimum atomic E-state index is -1.12. The maximum Gasteiger partial charge on any atom is 0.322 e. The van der Waals surface area contributed by atoms with Crippen LogP contribution in [0.1, 0.15) is 51.0 Å². The average molecular weight is 364 g/mol. The number of phenols is 1. The van der Waals surface area contributed by atoms with E-state index >= 15 is 0 Å². The van der Waals surface area contributed by atoms with Gasteiger partial charge in [0.15, 0.2) is 11.5 Å². The van der Waals surface area contributed by atoms with E-state index in [1.165, 1.54) is 13.2 Å². The number of unbranched alkanes of at least 4 members (excludes halogenated alkanes) is 2. The molecule has 0 aliphatic carbocycles. The zero-order chi connectivity index (χ0) is 19.2. The zero-order valence-electron chi connectivity index (χ0n) is 15.4. The lowest BCUT2D eigenvalue weighted by Gasteiger charge is -2.28. The van der Waals surface area contributed by atoms with E-state index in [0.29, 0.717) is 25.0 Å². The van der Waals surface area contributed by atoms with Gasteiger partial charge in [-0.2, -0.15) is 0 Å². The molecule has 4 N–H and O–H groups in total. The van der Waals surface area contributed by atoms with Crippen LogP contribution in [0.15, 0.2) is 18.2 Å². The van der Waals surface area contributed by atoms with Gasteiger partial charge in [0.1, 0.15) is 5.54 Å². The molecule has 0 saturated carbocycles. The maximum atomic E-state index is 12.4. The van der Waals surface area contributed by atoms with Crippen LogP contribution < -0.4 is 15.4 Å². The highest BCUT2D eigenvalue weighted by molar-refractivity contribution is 6.07. The summed E-state index contributed by atoms with van der Waals surface area (Å²) in [4.78, 5) is 24.1. The van der Waals surface area contributed by atoms with Crippen LogP contribution >= 0.6 is 0 Å². The highest BCUT2D eigenvalue weighted by Gasteiger charge is 2.46. The number of ether oxygens (including phenoxy) is 1. The van der Waals surface area contributed by atoms with Crippen LogP contribution in [0.3, 0.4) is 0 Å². The Hall–Kier alpha value is -2.28. The molecule has 3 amide bonds. The summed E-state index contributed by atoms with van der Waals surface area (Å²) in [6.07, 6.45) is 3.94. The number of hydrogen-bond donors (Lipinski definition) is 4. The van der Waals surface area contributed by atoms with Crippen molar-refractivity contribution in [3.8, 4) is 11.5 Å². The molecule has 1 heterocycles. The predicted octanol–water partition coefficient (Wildman–Crippen LogP) is 2.24. The molecule has 0 aromatic heterocycles. The number of amides is 3. The van der Waals surface area contributed by atoms with Crippen LogP contribution in [-0.2, 0) is 11.2 Å². The summed E-state index contributed by atoms with van der Waals surface area (Å²) in [5.74, 6) is 0.00284. The van der Waals surface area contributed by atoms with Gasteiger partial charge >= 0.3 is 6.03 Å². The molecule has 26 heavy (non-hydrogen) atoms. The quantitative estimate of drug-likeness (QED) is 0.376. The van der Waals surface area contributed by atoms with Gasteiger partial charge in [0, 0.05) is 6.42 Å². The Balaban J connectivity index is 2.08. The molecule has 2 rings (SSSR count). The number of nitrogens with one attached hydrogen (secondary N) is 2. The number of phenolic OH excluding ortho intramolecular Hbond substituents is 1. The summed E-state index contributed by atoms with van der Waals surface area (Å²) in [6.45, 7) is 2.09. The molecule has 7 heteroatoms. The fourth-order valence-electron chi connectivity index (χ4n) is 3.32. The Morgan fingerprint density at radius 3 is 2.65 bits per heavy atom. The molecule has 1 aliphatic rings. The molecular weight excluding hydrogens is 336 g/mol. The van der Waals surface area contributed by atoms with Gasteiger partial charge in [-0.3, -0.25) is 10.1 Å². The summed E-state index contributed by atoms with van der Waals surface area (Å²) < 4.78 is 5.10. The first-order chi connectivity index (χ1) is 12.4. The lowest BCUT2D eigenvalue weighted by molar-refractivity contribution is -0.125. The number of urea groups is 1. The topological polar surface area (TPSA) is 108 Å². The maximum absolute atomic E-state index is 12.4. The van der Waals surface area contributed by atoms with Gasteiger partial charge in [0.25, 0.3) is 5.91 Å². The molecular formula is C19H28N2O5. The fraction of sp³-hybridized carbons (Fsp3) is 0.579. The van der Waals surface area contributed by atoms with Crippen molar-refractivity contribution in [3.05, 3.63) is 23.8 Å². The van der Waals surface area contributed by atoms with Crippen LogP contribution in [0.25, 0.3) is 0 Å². The van der Waals surface area contributed by atoms with E-state index in [2.05, 4.69) is 17.6 Å². The first-order valence-corrected chi connectivity index (χ1v) is 9.07. The van der Waals surface area contributed by atoms with Crippen LogP contribution in [-0.4, -0.2) is 40.9 Å². The number of benzene rings is 1. The normalized spacial score (nSPS) is 20.6. The van der Waals surface area contributed by atoms with Gasteiger partial charge in [-0.25, -0.2) is 4.79 Å². The molecule has 2 unspecified atom stereocenters. The zero-order valence-corrected chi connectivity index (χ0v) is 15.4. The second-order valence-electron chi connectivity index (χ2n) is 6.85. The number of imide groups is 1. The SMILES string of the molecule is CCCCCC(O)CC1(CCc2ccc(O)c(OC)c2)NC(=O)NC1=O. The van der Waals surface area contributed by atoms with Crippen molar-refractivity contribution in [1.82, 2.24) is 10.6 Å². The first-order valence-electron chi connectivity index (χ1n) is 9.07. The van der Waals surface area contributed by atoms with Crippen LogP contribution in [0.2, 0.25) is 0 Å². The van der Waals surface area contributed by atoms with Gasteiger partial charge in [-0.1, -0.05) is 32.3 Å².